The summed E-state index contributed by atoms with van der Waals surface area (Å²) >= 11 is 0. The van der Waals surface area contributed by atoms with Gasteiger partial charge in [-0.3, -0.25) is 0 Å². The molecule has 35 heavy (non-hydrogen) atoms. The van der Waals surface area contributed by atoms with E-state index in [0.29, 0.717) is 37.4 Å². The first-order valence-electron chi connectivity index (χ1n) is 11.8. The molecule has 2 aliphatic rings. The van der Waals surface area contributed by atoms with Gasteiger partial charge in [-0.1, -0.05) is 60.7 Å². The van der Waals surface area contributed by atoms with Crippen LogP contribution in [0.15, 0.2) is 66.7 Å². The predicted molar refractivity (Wildman–Crippen MR) is 132 cm³/mol. The van der Waals surface area contributed by atoms with Crippen LogP contribution in [0, 0.1) is 0 Å². The zero-order valence-electron chi connectivity index (χ0n) is 19.1. The number of ether oxygens (including phenoxy) is 1. The second kappa shape index (κ2) is 9.66. The van der Waals surface area contributed by atoms with Crippen LogP contribution in [0.4, 0.5) is 23.4 Å². The highest BCUT2D eigenvalue weighted by atomic mass is 19.4. The summed E-state index contributed by atoms with van der Waals surface area (Å²) in [5.41, 5.74) is 4.71. The number of nitrogens with zero attached hydrogens (tertiary/aromatic N) is 1. The molecule has 5 nitrogen and oxygen atoms in total. The molecule has 2 N–H and O–H groups in total. The average Bonchev–Trinajstić information content (AvgIpc) is 3.20. The van der Waals surface area contributed by atoms with E-state index in [1.165, 1.54) is 6.07 Å². The van der Waals surface area contributed by atoms with Crippen molar-refractivity contribution in [1.82, 2.24) is 10.6 Å². The summed E-state index contributed by atoms with van der Waals surface area (Å²) in [6.45, 7) is -2.36. The van der Waals surface area contributed by atoms with Crippen molar-refractivity contribution in [1.29, 1.82) is 0 Å². The molecule has 3 aromatic rings. The standard InChI is InChI=1S/C26H26BF3N3O2/c28-27(29,30)19-13-18(14-20(15-19)33-11-9-31-10-12-33)16-32-26(34)35-17-25-23-7-3-1-5-21(23)22-6-2-4-8-24(22)25/h1-8,13-15,25,31H,9-12,16-17H2,(H,32,34)/q-1. The molecular formula is C26H26BF3N3O2-. The maximum absolute atomic E-state index is 13.6. The molecule has 0 unspecified atom stereocenters. The normalized spacial score (nSPS) is 15.5. The number of fused-ring (bicyclic) bond motifs is 3. The molecule has 1 aliphatic heterocycles. The molecule has 182 valence electrons. The second-order valence-electron chi connectivity index (χ2n) is 8.92. The van der Waals surface area contributed by atoms with Crippen molar-refractivity contribution in [2.45, 2.75) is 12.5 Å². The van der Waals surface area contributed by atoms with Crippen LogP contribution < -0.4 is 21.0 Å². The quantitative estimate of drug-likeness (QED) is 0.520. The lowest BCUT2D eigenvalue weighted by Crippen LogP contribution is -2.44. The first-order valence-corrected chi connectivity index (χ1v) is 11.8. The lowest BCUT2D eigenvalue weighted by molar-refractivity contribution is 0.142. The highest BCUT2D eigenvalue weighted by Crippen LogP contribution is 2.44. The van der Waals surface area contributed by atoms with Crippen LogP contribution in [0.2, 0.25) is 0 Å². The number of piperazine rings is 1. The zero-order chi connectivity index (χ0) is 24.4. The third kappa shape index (κ3) is 5.00. The minimum atomic E-state index is -5.16. The van der Waals surface area contributed by atoms with Crippen LogP contribution in [-0.4, -0.2) is 45.9 Å². The van der Waals surface area contributed by atoms with E-state index >= 15 is 0 Å². The number of nitrogens with one attached hydrogen (secondary N) is 2. The number of carbonyl (C=O) groups is 1. The third-order valence-electron chi connectivity index (χ3n) is 6.64. The van der Waals surface area contributed by atoms with Crippen molar-refractivity contribution in [2.24, 2.45) is 0 Å². The minimum absolute atomic E-state index is 0.0459. The highest BCUT2D eigenvalue weighted by molar-refractivity contribution is 6.73. The van der Waals surface area contributed by atoms with Gasteiger partial charge in [-0.05, 0) is 33.9 Å². The van der Waals surface area contributed by atoms with Gasteiger partial charge in [0, 0.05) is 44.3 Å². The molecule has 0 aromatic heterocycles. The molecule has 5 rings (SSSR count). The first kappa shape index (κ1) is 23.3. The van der Waals surface area contributed by atoms with Gasteiger partial charge in [-0.15, -0.1) is 5.46 Å². The van der Waals surface area contributed by atoms with Gasteiger partial charge < -0.3 is 33.2 Å². The zero-order valence-corrected chi connectivity index (χ0v) is 19.1. The Morgan fingerprint density at radius 3 is 2.23 bits per heavy atom. The van der Waals surface area contributed by atoms with Crippen LogP contribution >= 0.6 is 0 Å². The van der Waals surface area contributed by atoms with Gasteiger partial charge in [0.2, 0.25) is 0 Å². The van der Waals surface area contributed by atoms with E-state index in [0.717, 1.165) is 28.3 Å². The van der Waals surface area contributed by atoms with Crippen molar-refractivity contribution < 1.29 is 22.5 Å². The van der Waals surface area contributed by atoms with Crippen LogP contribution in [0.25, 0.3) is 11.1 Å². The number of amides is 1. The Morgan fingerprint density at radius 2 is 1.60 bits per heavy atom. The number of hydrogen-bond donors (Lipinski definition) is 2. The highest BCUT2D eigenvalue weighted by Gasteiger charge is 2.29. The summed E-state index contributed by atoms with van der Waals surface area (Å²) in [5.74, 6) is -0.0799. The monoisotopic (exact) mass is 480 g/mol. The topological polar surface area (TPSA) is 53.6 Å². The van der Waals surface area contributed by atoms with Crippen molar-refractivity contribution >= 4 is 24.2 Å². The number of rotatable bonds is 6. The fourth-order valence-electron chi connectivity index (χ4n) is 4.92. The maximum atomic E-state index is 13.6. The van der Waals surface area contributed by atoms with E-state index in [1.54, 1.807) is 6.07 Å². The van der Waals surface area contributed by atoms with E-state index in [1.807, 2.05) is 41.3 Å². The summed E-state index contributed by atoms with van der Waals surface area (Å²) in [7, 11) is 0. The second-order valence-corrected chi connectivity index (χ2v) is 8.92. The molecule has 1 heterocycles. The van der Waals surface area contributed by atoms with Crippen molar-refractivity contribution in [3.05, 3.63) is 83.4 Å². The number of halogens is 3. The molecule has 1 amide bonds. The first-order chi connectivity index (χ1) is 16.9. The van der Waals surface area contributed by atoms with Crippen molar-refractivity contribution in [3.63, 3.8) is 0 Å². The van der Waals surface area contributed by atoms with E-state index in [2.05, 4.69) is 22.8 Å². The van der Waals surface area contributed by atoms with Gasteiger partial charge >= 0.3 is 13.1 Å². The van der Waals surface area contributed by atoms with Crippen LogP contribution in [0.3, 0.4) is 0 Å². The van der Waals surface area contributed by atoms with Gasteiger partial charge in [0.25, 0.3) is 0 Å². The Hall–Kier alpha value is -3.46. The smallest absolute Gasteiger partial charge is 0.449 e. The molecule has 1 saturated heterocycles. The minimum Gasteiger partial charge on any atom is -0.449 e. The van der Waals surface area contributed by atoms with Crippen LogP contribution in [0.1, 0.15) is 22.6 Å². The molecule has 0 spiro atoms. The van der Waals surface area contributed by atoms with Crippen LogP contribution in [0.5, 0.6) is 0 Å². The number of carbonyl (C=O) groups excluding carboxylic acids is 1. The Balaban J connectivity index is 1.26. The summed E-state index contributed by atoms with van der Waals surface area (Å²) in [4.78, 5) is 14.4. The Kier molecular flexibility index (Phi) is 6.43. The lowest BCUT2D eigenvalue weighted by Gasteiger charge is -2.31. The van der Waals surface area contributed by atoms with Crippen molar-refractivity contribution in [2.75, 3.05) is 37.7 Å². The van der Waals surface area contributed by atoms with Crippen LogP contribution in [-0.2, 0) is 11.3 Å². The molecule has 0 bridgehead atoms. The van der Waals surface area contributed by atoms with E-state index in [4.69, 9.17) is 4.74 Å². The molecule has 0 atom stereocenters. The summed E-state index contributed by atoms with van der Waals surface area (Å²) in [6, 6.07) is 20.1. The third-order valence-corrected chi connectivity index (χ3v) is 6.64. The Labute approximate surface area is 202 Å². The molecular weight excluding hydrogens is 454 g/mol. The Morgan fingerprint density at radius 1 is 0.971 bits per heavy atom. The Bertz CT molecular complexity index is 1180. The average molecular weight is 480 g/mol. The fourth-order valence-corrected chi connectivity index (χ4v) is 4.92. The lowest BCUT2D eigenvalue weighted by atomic mass is 9.79. The van der Waals surface area contributed by atoms with Gasteiger partial charge in [-0.2, -0.15) is 0 Å². The van der Waals surface area contributed by atoms with E-state index < -0.39 is 18.5 Å². The SMILES string of the molecule is O=C(NCc1cc(N2CCNCC2)cc([B-](F)(F)F)c1)OCC1c2ccccc2-c2ccccc21. The predicted octanol–water partition coefficient (Wildman–Crippen LogP) is 4.19. The molecule has 1 fully saturated rings. The number of alkyl carbamates (subject to hydrolysis) is 1. The summed E-state index contributed by atoms with van der Waals surface area (Å²) in [5, 5.41) is 5.83. The summed E-state index contributed by atoms with van der Waals surface area (Å²) in [6.07, 6.45) is -0.654. The van der Waals surface area contributed by atoms with Crippen molar-refractivity contribution in [3.8, 4) is 11.1 Å². The van der Waals surface area contributed by atoms with Gasteiger partial charge in [0.1, 0.15) is 6.61 Å². The molecule has 0 radical (unpaired) electrons. The van der Waals surface area contributed by atoms with E-state index in [-0.39, 0.29) is 19.1 Å². The maximum Gasteiger partial charge on any atom is 0.509 e. The number of benzene rings is 3. The van der Waals surface area contributed by atoms with Gasteiger partial charge in [0.05, 0.1) is 0 Å². The molecule has 9 heteroatoms. The molecule has 0 saturated carbocycles. The summed E-state index contributed by atoms with van der Waals surface area (Å²) < 4.78 is 46.2. The fraction of sp³-hybridized carbons (Fsp3) is 0.269. The van der Waals surface area contributed by atoms with E-state index in [9.17, 15) is 17.7 Å². The molecule has 1 aliphatic carbocycles. The number of anilines is 1. The van der Waals surface area contributed by atoms with Gasteiger partial charge in [-0.25, -0.2) is 4.79 Å². The molecule has 3 aromatic carbocycles. The largest absolute Gasteiger partial charge is 0.509 e. The van der Waals surface area contributed by atoms with Gasteiger partial charge in [0.15, 0.2) is 0 Å². The number of hydrogen-bond acceptors (Lipinski definition) is 4.